The number of benzene rings is 1. The molecular formula is C17H26N2O2. The van der Waals surface area contributed by atoms with E-state index in [0.717, 1.165) is 37.9 Å². The lowest BCUT2D eigenvalue weighted by Gasteiger charge is -2.40. The topological polar surface area (TPSA) is 64.4 Å². The van der Waals surface area contributed by atoms with Crippen molar-refractivity contribution in [2.45, 2.75) is 57.6 Å². The van der Waals surface area contributed by atoms with Gasteiger partial charge in [0.2, 0.25) is 5.91 Å². The minimum atomic E-state index is -0.0621. The Kier molecular flexibility index (Phi) is 5.23. The highest BCUT2D eigenvalue weighted by Crippen LogP contribution is 2.31. The molecule has 1 atom stereocenters. The molecule has 1 aromatic carbocycles. The van der Waals surface area contributed by atoms with Crippen LogP contribution in [0, 0.1) is 0 Å². The van der Waals surface area contributed by atoms with Gasteiger partial charge < -0.3 is 15.8 Å². The molecule has 0 saturated carbocycles. The minimum Gasteiger partial charge on any atom is -0.399 e. The Bertz CT molecular complexity index is 483. The maximum atomic E-state index is 12.2. The third kappa shape index (κ3) is 4.21. The molecule has 1 aromatic rings. The minimum absolute atomic E-state index is 0.0621. The predicted molar refractivity (Wildman–Crippen MR) is 85.0 cm³/mol. The summed E-state index contributed by atoms with van der Waals surface area (Å²) in [6, 6.07) is 7.71. The number of carbonyl (C=O) groups is 1. The van der Waals surface area contributed by atoms with Gasteiger partial charge in [-0.05, 0) is 43.4 Å². The fourth-order valence-corrected chi connectivity index (χ4v) is 3.06. The van der Waals surface area contributed by atoms with Gasteiger partial charge in [0.05, 0.1) is 12.0 Å². The number of amides is 1. The monoisotopic (exact) mass is 290 g/mol. The summed E-state index contributed by atoms with van der Waals surface area (Å²) < 4.78 is 5.94. The third-order valence-electron chi connectivity index (χ3n) is 4.46. The molecule has 3 N–H and O–H groups in total. The zero-order chi connectivity index (χ0) is 15.3. The van der Waals surface area contributed by atoms with Crippen LogP contribution in [0.2, 0.25) is 0 Å². The molecular weight excluding hydrogens is 264 g/mol. The van der Waals surface area contributed by atoms with Gasteiger partial charge in [-0.3, -0.25) is 4.79 Å². The Morgan fingerprint density at radius 3 is 2.86 bits per heavy atom. The first-order valence-corrected chi connectivity index (χ1v) is 7.84. The van der Waals surface area contributed by atoms with Gasteiger partial charge >= 0.3 is 0 Å². The Morgan fingerprint density at radius 2 is 2.19 bits per heavy atom. The van der Waals surface area contributed by atoms with Crippen LogP contribution in [0.15, 0.2) is 24.3 Å². The van der Waals surface area contributed by atoms with Crippen molar-refractivity contribution in [3.63, 3.8) is 0 Å². The number of hydrogen-bond donors (Lipinski definition) is 2. The standard InChI is InChI=1S/C17H26N2O2/c1-3-17(4-2)12-15(8-9-21-17)19-16(20)11-13-6-5-7-14(18)10-13/h5-7,10,15H,3-4,8-9,11-12,18H2,1-2H3,(H,19,20). The van der Waals surface area contributed by atoms with Crippen molar-refractivity contribution in [2.24, 2.45) is 0 Å². The Balaban J connectivity index is 1.90. The first-order chi connectivity index (χ1) is 10.1. The zero-order valence-corrected chi connectivity index (χ0v) is 13.0. The van der Waals surface area contributed by atoms with Crippen molar-refractivity contribution in [3.05, 3.63) is 29.8 Å². The van der Waals surface area contributed by atoms with E-state index in [-0.39, 0.29) is 17.6 Å². The fraction of sp³-hybridized carbons (Fsp3) is 0.588. The first kappa shape index (κ1) is 15.8. The summed E-state index contributed by atoms with van der Waals surface area (Å²) in [5.41, 5.74) is 7.33. The summed E-state index contributed by atoms with van der Waals surface area (Å²) in [5, 5.41) is 3.15. The van der Waals surface area contributed by atoms with Gasteiger partial charge in [0.15, 0.2) is 0 Å². The number of nitrogens with one attached hydrogen (secondary N) is 1. The number of nitrogen functional groups attached to an aromatic ring is 1. The summed E-state index contributed by atoms with van der Waals surface area (Å²) in [4.78, 5) is 12.2. The highest BCUT2D eigenvalue weighted by atomic mass is 16.5. The van der Waals surface area contributed by atoms with Gasteiger partial charge in [-0.15, -0.1) is 0 Å². The second-order valence-electron chi connectivity index (χ2n) is 5.92. The van der Waals surface area contributed by atoms with Gasteiger partial charge in [-0.1, -0.05) is 26.0 Å². The average Bonchev–Trinajstić information content (AvgIpc) is 2.47. The van der Waals surface area contributed by atoms with Crippen molar-refractivity contribution in [1.82, 2.24) is 5.32 Å². The van der Waals surface area contributed by atoms with Crippen molar-refractivity contribution < 1.29 is 9.53 Å². The Hall–Kier alpha value is -1.55. The first-order valence-electron chi connectivity index (χ1n) is 7.84. The van der Waals surface area contributed by atoms with E-state index in [1.54, 1.807) is 0 Å². The predicted octanol–water partition coefficient (Wildman–Crippen LogP) is 2.67. The molecule has 0 radical (unpaired) electrons. The van der Waals surface area contributed by atoms with Gasteiger partial charge in [0.1, 0.15) is 0 Å². The number of anilines is 1. The number of ether oxygens (including phenoxy) is 1. The summed E-state index contributed by atoms with van der Waals surface area (Å²) >= 11 is 0. The molecule has 4 heteroatoms. The molecule has 1 aliphatic rings. The largest absolute Gasteiger partial charge is 0.399 e. The molecule has 0 aromatic heterocycles. The molecule has 1 fully saturated rings. The second kappa shape index (κ2) is 6.94. The van der Waals surface area contributed by atoms with Gasteiger partial charge in [-0.25, -0.2) is 0 Å². The third-order valence-corrected chi connectivity index (χ3v) is 4.46. The molecule has 2 rings (SSSR count). The Morgan fingerprint density at radius 1 is 1.43 bits per heavy atom. The van der Waals surface area contributed by atoms with Gasteiger partial charge in [0.25, 0.3) is 0 Å². The van der Waals surface area contributed by atoms with Crippen molar-refractivity contribution in [1.29, 1.82) is 0 Å². The van der Waals surface area contributed by atoms with E-state index in [1.807, 2.05) is 24.3 Å². The number of rotatable bonds is 5. The van der Waals surface area contributed by atoms with Crippen LogP contribution < -0.4 is 11.1 Å². The molecule has 0 aliphatic carbocycles. The maximum absolute atomic E-state index is 12.2. The van der Waals surface area contributed by atoms with E-state index >= 15 is 0 Å². The summed E-state index contributed by atoms with van der Waals surface area (Å²) in [6.07, 6.45) is 4.16. The van der Waals surface area contributed by atoms with Crippen LogP contribution in [0.25, 0.3) is 0 Å². The van der Waals surface area contributed by atoms with Crippen molar-refractivity contribution >= 4 is 11.6 Å². The van der Waals surface area contributed by atoms with Crippen molar-refractivity contribution in [3.8, 4) is 0 Å². The molecule has 1 aliphatic heterocycles. The van der Waals surface area contributed by atoms with Crippen LogP contribution in [0.1, 0.15) is 45.1 Å². The number of nitrogens with two attached hydrogens (primary N) is 1. The van der Waals surface area contributed by atoms with Crippen LogP contribution >= 0.6 is 0 Å². The molecule has 0 bridgehead atoms. The summed E-state index contributed by atoms with van der Waals surface area (Å²) in [6.45, 7) is 5.03. The summed E-state index contributed by atoms with van der Waals surface area (Å²) in [7, 11) is 0. The van der Waals surface area contributed by atoms with Gasteiger partial charge in [-0.2, -0.15) is 0 Å². The number of carbonyl (C=O) groups excluding carboxylic acids is 1. The van der Waals surface area contributed by atoms with Crippen LogP contribution in [0.5, 0.6) is 0 Å². The van der Waals surface area contributed by atoms with E-state index < -0.39 is 0 Å². The van der Waals surface area contributed by atoms with Crippen LogP contribution in [-0.4, -0.2) is 24.2 Å². The normalized spacial score (nSPS) is 21.0. The Labute approximate surface area is 127 Å². The van der Waals surface area contributed by atoms with E-state index in [9.17, 15) is 4.79 Å². The maximum Gasteiger partial charge on any atom is 0.224 e. The van der Waals surface area contributed by atoms with Crippen LogP contribution in [-0.2, 0) is 16.0 Å². The molecule has 0 spiro atoms. The van der Waals surface area contributed by atoms with Gasteiger partial charge in [0, 0.05) is 18.3 Å². The second-order valence-corrected chi connectivity index (χ2v) is 5.92. The molecule has 1 heterocycles. The van der Waals surface area contributed by atoms with Crippen molar-refractivity contribution in [2.75, 3.05) is 12.3 Å². The fourth-order valence-electron chi connectivity index (χ4n) is 3.06. The van der Waals surface area contributed by atoms with E-state index in [4.69, 9.17) is 10.5 Å². The highest BCUT2D eigenvalue weighted by molar-refractivity contribution is 5.79. The average molecular weight is 290 g/mol. The van der Waals surface area contributed by atoms with Crippen LogP contribution in [0.4, 0.5) is 5.69 Å². The molecule has 21 heavy (non-hydrogen) atoms. The van der Waals surface area contributed by atoms with E-state index in [0.29, 0.717) is 12.1 Å². The number of hydrogen-bond acceptors (Lipinski definition) is 3. The molecule has 116 valence electrons. The molecule has 1 saturated heterocycles. The molecule has 4 nitrogen and oxygen atoms in total. The SMILES string of the molecule is CCC1(CC)CC(NC(=O)Cc2cccc(N)c2)CCO1. The lowest BCUT2D eigenvalue weighted by atomic mass is 9.86. The zero-order valence-electron chi connectivity index (χ0n) is 13.0. The van der Waals surface area contributed by atoms with E-state index in [1.165, 1.54) is 0 Å². The van der Waals surface area contributed by atoms with Crippen LogP contribution in [0.3, 0.4) is 0 Å². The smallest absolute Gasteiger partial charge is 0.224 e. The highest BCUT2D eigenvalue weighted by Gasteiger charge is 2.34. The quantitative estimate of drug-likeness (QED) is 0.819. The lowest BCUT2D eigenvalue weighted by Crippen LogP contribution is -2.48. The molecule has 1 unspecified atom stereocenters. The molecule has 1 amide bonds. The van der Waals surface area contributed by atoms with E-state index in [2.05, 4.69) is 19.2 Å². The summed E-state index contributed by atoms with van der Waals surface area (Å²) in [5.74, 6) is 0.0635. The lowest BCUT2D eigenvalue weighted by molar-refractivity contribution is -0.125.